The van der Waals surface area contributed by atoms with Gasteiger partial charge in [-0.05, 0) is 6.08 Å². The largest absolute Gasteiger partial charge is 0.455 e. The van der Waals surface area contributed by atoms with Gasteiger partial charge in [0, 0.05) is 19.8 Å². The van der Waals surface area contributed by atoms with E-state index >= 15 is 0 Å². The highest BCUT2D eigenvalue weighted by atomic mass is 16.7. The van der Waals surface area contributed by atoms with Crippen LogP contribution in [-0.4, -0.2) is 43.7 Å². The molecule has 0 saturated carbocycles. The van der Waals surface area contributed by atoms with E-state index in [9.17, 15) is 9.59 Å². The van der Waals surface area contributed by atoms with Gasteiger partial charge in [0.15, 0.2) is 6.79 Å². The van der Waals surface area contributed by atoms with Gasteiger partial charge < -0.3 is 18.9 Å². The summed E-state index contributed by atoms with van der Waals surface area (Å²) in [5.41, 5.74) is 0. The molecule has 1 aliphatic heterocycles. The summed E-state index contributed by atoms with van der Waals surface area (Å²) >= 11 is 0. The van der Waals surface area contributed by atoms with Crippen molar-refractivity contribution in [2.75, 3.05) is 13.4 Å². The molecular formula is C12H16O6. The Morgan fingerprint density at radius 1 is 1.17 bits per heavy atom. The van der Waals surface area contributed by atoms with E-state index in [1.54, 1.807) is 0 Å². The van der Waals surface area contributed by atoms with Crippen molar-refractivity contribution in [2.45, 2.75) is 32.2 Å². The average molecular weight is 256 g/mol. The quantitative estimate of drug-likeness (QED) is 0.233. The third-order valence-corrected chi connectivity index (χ3v) is 2.81. The molecule has 0 radical (unpaired) electrons. The standard InChI is InChI=1S/C12H16O6/c1-7(13)16-6-15-5-9-3-4-10(17-8(2)14)12-11(9)18-12/h3-4,9-12H,5-6H2,1-2H3/t9-,10+,11-,12+/m0/s1. The Morgan fingerprint density at radius 3 is 2.61 bits per heavy atom. The van der Waals surface area contributed by atoms with Crippen LogP contribution < -0.4 is 0 Å². The second kappa shape index (κ2) is 5.49. The Hall–Kier alpha value is -1.40. The van der Waals surface area contributed by atoms with Crippen LogP contribution in [-0.2, 0) is 28.5 Å². The van der Waals surface area contributed by atoms with Crippen molar-refractivity contribution < 1.29 is 28.5 Å². The zero-order valence-electron chi connectivity index (χ0n) is 10.3. The summed E-state index contributed by atoms with van der Waals surface area (Å²) in [7, 11) is 0. The van der Waals surface area contributed by atoms with Gasteiger partial charge in [0.1, 0.15) is 12.2 Å². The van der Waals surface area contributed by atoms with Gasteiger partial charge in [-0.1, -0.05) is 6.08 Å². The molecule has 1 heterocycles. The number of rotatable bonds is 5. The molecule has 4 atom stereocenters. The predicted octanol–water partition coefficient (Wildman–Crippen LogP) is 0.409. The van der Waals surface area contributed by atoms with E-state index in [2.05, 4.69) is 4.74 Å². The molecule has 6 nitrogen and oxygen atoms in total. The van der Waals surface area contributed by atoms with Gasteiger partial charge in [0.25, 0.3) is 0 Å². The van der Waals surface area contributed by atoms with Crippen molar-refractivity contribution in [1.82, 2.24) is 0 Å². The zero-order valence-corrected chi connectivity index (χ0v) is 10.3. The molecule has 2 rings (SSSR count). The Kier molecular flexibility index (Phi) is 3.98. The van der Waals surface area contributed by atoms with Gasteiger partial charge in [-0.3, -0.25) is 9.59 Å². The van der Waals surface area contributed by atoms with Crippen molar-refractivity contribution in [1.29, 1.82) is 0 Å². The van der Waals surface area contributed by atoms with Crippen LogP contribution >= 0.6 is 0 Å². The maximum absolute atomic E-state index is 10.8. The van der Waals surface area contributed by atoms with Gasteiger partial charge in [0.2, 0.25) is 0 Å². The summed E-state index contributed by atoms with van der Waals surface area (Å²) in [5.74, 6) is -0.578. The van der Waals surface area contributed by atoms with Crippen LogP contribution in [0.15, 0.2) is 12.2 Å². The van der Waals surface area contributed by atoms with Crippen molar-refractivity contribution in [2.24, 2.45) is 5.92 Å². The number of hydrogen-bond acceptors (Lipinski definition) is 6. The predicted molar refractivity (Wildman–Crippen MR) is 59.4 cm³/mol. The van der Waals surface area contributed by atoms with Gasteiger partial charge in [-0.25, -0.2) is 0 Å². The fraction of sp³-hybridized carbons (Fsp3) is 0.667. The van der Waals surface area contributed by atoms with E-state index in [-0.39, 0.29) is 43.0 Å². The smallest absolute Gasteiger partial charge is 0.304 e. The Balaban J connectivity index is 1.73. The summed E-state index contributed by atoms with van der Waals surface area (Å²) < 4.78 is 20.4. The molecule has 2 aliphatic rings. The molecule has 0 amide bonds. The lowest BCUT2D eigenvalue weighted by molar-refractivity contribution is -0.154. The molecule has 100 valence electrons. The van der Waals surface area contributed by atoms with Gasteiger partial charge >= 0.3 is 11.9 Å². The number of fused-ring (bicyclic) bond motifs is 1. The SMILES string of the molecule is CC(=O)OCOC[C@@H]1C=C[C@@H](OC(C)=O)[C@H]2O[C@H]21. The lowest BCUT2D eigenvalue weighted by Gasteiger charge is -2.18. The van der Waals surface area contributed by atoms with Gasteiger partial charge in [-0.2, -0.15) is 0 Å². The summed E-state index contributed by atoms with van der Waals surface area (Å²) in [6.45, 7) is 3.06. The lowest BCUT2D eigenvalue weighted by atomic mass is 9.95. The summed E-state index contributed by atoms with van der Waals surface area (Å²) in [4.78, 5) is 21.4. The lowest BCUT2D eigenvalue weighted by Crippen LogP contribution is -2.29. The van der Waals surface area contributed by atoms with Crippen molar-refractivity contribution in [3.05, 3.63) is 12.2 Å². The molecule has 18 heavy (non-hydrogen) atoms. The van der Waals surface area contributed by atoms with Crippen LogP contribution in [0.4, 0.5) is 0 Å². The molecule has 1 saturated heterocycles. The second-order valence-corrected chi connectivity index (χ2v) is 4.31. The molecule has 6 heteroatoms. The first kappa shape index (κ1) is 13.0. The van der Waals surface area contributed by atoms with Crippen molar-refractivity contribution >= 4 is 11.9 Å². The first-order chi connectivity index (χ1) is 8.58. The molecule has 0 bridgehead atoms. The Labute approximate surface area is 105 Å². The van der Waals surface area contributed by atoms with E-state index in [1.165, 1.54) is 13.8 Å². The first-order valence-electron chi connectivity index (χ1n) is 5.80. The minimum absolute atomic E-state index is 0.0247. The fourth-order valence-electron chi connectivity index (χ4n) is 1.97. The number of hydrogen-bond donors (Lipinski definition) is 0. The van der Waals surface area contributed by atoms with Crippen LogP contribution in [0, 0.1) is 5.92 Å². The third kappa shape index (κ3) is 3.30. The number of carbonyl (C=O) groups is 2. The number of esters is 2. The van der Waals surface area contributed by atoms with Crippen LogP contribution in [0.25, 0.3) is 0 Å². The third-order valence-electron chi connectivity index (χ3n) is 2.81. The fourth-order valence-corrected chi connectivity index (χ4v) is 1.97. The Bertz CT molecular complexity index is 364. The maximum Gasteiger partial charge on any atom is 0.304 e. The summed E-state index contributed by atoms with van der Waals surface area (Å²) in [6, 6.07) is 0. The van der Waals surface area contributed by atoms with E-state index in [0.29, 0.717) is 6.61 Å². The normalized spacial score (nSPS) is 32.6. The highest BCUT2D eigenvalue weighted by Gasteiger charge is 2.52. The number of epoxide rings is 1. The van der Waals surface area contributed by atoms with Crippen LogP contribution in [0.1, 0.15) is 13.8 Å². The molecule has 1 fully saturated rings. The molecular weight excluding hydrogens is 240 g/mol. The van der Waals surface area contributed by atoms with E-state index < -0.39 is 0 Å². The highest BCUT2D eigenvalue weighted by molar-refractivity contribution is 5.66. The van der Waals surface area contributed by atoms with Crippen molar-refractivity contribution in [3.63, 3.8) is 0 Å². The topological polar surface area (TPSA) is 74.4 Å². The molecule has 1 aliphatic carbocycles. The van der Waals surface area contributed by atoms with E-state index in [4.69, 9.17) is 14.2 Å². The summed E-state index contributed by atoms with van der Waals surface area (Å²) in [5, 5.41) is 0. The molecule has 0 aromatic heterocycles. The number of carbonyl (C=O) groups excluding carboxylic acids is 2. The van der Waals surface area contributed by atoms with Crippen LogP contribution in [0.2, 0.25) is 0 Å². The van der Waals surface area contributed by atoms with Gasteiger partial charge in [-0.15, -0.1) is 0 Å². The van der Waals surface area contributed by atoms with Gasteiger partial charge in [0.05, 0.1) is 12.7 Å². The van der Waals surface area contributed by atoms with E-state index in [1.807, 2.05) is 12.2 Å². The van der Waals surface area contributed by atoms with Crippen LogP contribution in [0.5, 0.6) is 0 Å². The maximum atomic E-state index is 10.8. The molecule has 0 unspecified atom stereocenters. The average Bonchev–Trinajstić information content (AvgIpc) is 3.06. The summed E-state index contributed by atoms with van der Waals surface area (Å²) in [6.07, 6.45) is 3.39. The minimum Gasteiger partial charge on any atom is -0.455 e. The monoisotopic (exact) mass is 256 g/mol. The second-order valence-electron chi connectivity index (χ2n) is 4.31. The highest BCUT2D eigenvalue weighted by Crippen LogP contribution is 2.38. The molecule has 0 aromatic rings. The molecule has 0 aromatic carbocycles. The Morgan fingerprint density at radius 2 is 1.94 bits per heavy atom. The molecule has 0 N–H and O–H groups in total. The minimum atomic E-state index is -0.371. The van der Waals surface area contributed by atoms with Crippen molar-refractivity contribution in [3.8, 4) is 0 Å². The molecule has 0 spiro atoms. The zero-order chi connectivity index (χ0) is 13.1. The van der Waals surface area contributed by atoms with Crippen LogP contribution in [0.3, 0.4) is 0 Å². The first-order valence-corrected chi connectivity index (χ1v) is 5.80. The number of ether oxygens (including phenoxy) is 4. The van der Waals surface area contributed by atoms with E-state index in [0.717, 1.165) is 0 Å².